The van der Waals surface area contributed by atoms with Crippen LogP contribution in [0.4, 0.5) is 12.7 Å². The van der Waals surface area contributed by atoms with Crippen molar-refractivity contribution < 1.29 is 21.1 Å². The average Bonchev–Trinajstić information content (AvgIpc) is 1.25. The van der Waals surface area contributed by atoms with Gasteiger partial charge in [-0.2, -0.15) is 17.2 Å². The molecule has 0 heterocycles. The van der Waals surface area contributed by atoms with E-state index in [1.165, 1.54) is 0 Å². The Morgan fingerprint density at radius 1 is 1.38 bits per heavy atom. The van der Waals surface area contributed by atoms with Crippen molar-refractivity contribution in [2.75, 3.05) is 0 Å². The molecular weight excluding hydrogens is 169 g/mol. The molecule has 0 aliphatic heterocycles. The normalized spacial score (nSPS) is 14.0. The molecule has 7 heteroatoms. The maximum absolute atomic E-state index is 11.0. The van der Waals surface area contributed by atoms with Crippen LogP contribution in [0.2, 0.25) is 0 Å². The minimum Gasteiger partial charge on any atom is -0.187 e. The lowest BCUT2D eigenvalue weighted by Gasteiger charge is -1.97. The minimum atomic E-state index is -5.91. The summed E-state index contributed by atoms with van der Waals surface area (Å²) in [5.41, 5.74) is 0. The first-order valence-corrected chi connectivity index (χ1v) is 3.02. The zero-order chi connectivity index (χ0) is 7.00. The fraction of sp³-hybridized carbons (Fsp3) is 1.00. The molecule has 0 aliphatic carbocycles. The Balaban J connectivity index is 4.53. The molecule has 0 bridgehead atoms. The molecular formula is CClF3O2S. The first kappa shape index (κ1) is 8.03. The van der Waals surface area contributed by atoms with E-state index in [-0.39, 0.29) is 0 Å². The lowest BCUT2D eigenvalue weighted by molar-refractivity contribution is 0.179. The first-order chi connectivity index (χ1) is 3.25. The van der Waals surface area contributed by atoms with Gasteiger partial charge in [0.25, 0.3) is 0 Å². The van der Waals surface area contributed by atoms with E-state index < -0.39 is 14.9 Å². The van der Waals surface area contributed by atoms with Gasteiger partial charge in [-0.05, 0) is 11.6 Å². The highest BCUT2D eigenvalue weighted by Gasteiger charge is 2.43. The van der Waals surface area contributed by atoms with Crippen molar-refractivity contribution in [2.24, 2.45) is 0 Å². The van der Waals surface area contributed by atoms with Crippen molar-refractivity contribution in [3.05, 3.63) is 0 Å². The predicted molar refractivity (Wildman–Crippen MR) is 20.8 cm³/mol. The predicted octanol–water partition coefficient (Wildman–Crippen LogP) is 1.07. The largest absolute Gasteiger partial charge is 0.452 e. The molecule has 0 unspecified atom stereocenters. The van der Waals surface area contributed by atoms with E-state index >= 15 is 0 Å². The second-order valence-corrected chi connectivity index (χ2v) is 2.97. The number of halogens is 4. The van der Waals surface area contributed by atoms with E-state index in [1.807, 2.05) is 0 Å². The maximum Gasteiger partial charge on any atom is 0.452 e. The number of alkyl halides is 3. The Bertz CT molecular complexity index is 166. The summed E-state index contributed by atoms with van der Waals surface area (Å²) in [6.07, 6.45) is 0. The molecule has 0 saturated carbocycles. The SMILES string of the molecule is O=S(=O)(F)C(F)(F)Cl. The molecule has 50 valence electrons. The quantitative estimate of drug-likeness (QED) is 0.434. The highest BCUT2D eigenvalue weighted by molar-refractivity contribution is 7.88. The summed E-state index contributed by atoms with van der Waals surface area (Å²) >= 11 is 3.71. The van der Waals surface area contributed by atoms with Gasteiger partial charge in [-0.3, -0.25) is 0 Å². The van der Waals surface area contributed by atoms with Gasteiger partial charge in [-0.1, -0.05) is 3.89 Å². The van der Waals surface area contributed by atoms with Gasteiger partial charge in [-0.25, -0.2) is 0 Å². The van der Waals surface area contributed by atoms with Gasteiger partial charge < -0.3 is 0 Å². The van der Waals surface area contributed by atoms with E-state index in [9.17, 15) is 12.7 Å². The van der Waals surface area contributed by atoms with Gasteiger partial charge in [-0.15, -0.1) is 0 Å². The van der Waals surface area contributed by atoms with Gasteiger partial charge in [0.05, 0.1) is 0 Å². The number of hydrogen-bond donors (Lipinski definition) is 0. The Hall–Kier alpha value is 0.0300. The maximum atomic E-state index is 11.0. The molecule has 0 aliphatic rings. The molecule has 0 aromatic carbocycles. The van der Waals surface area contributed by atoms with E-state index in [0.29, 0.717) is 0 Å². The van der Waals surface area contributed by atoms with Gasteiger partial charge in [0, 0.05) is 0 Å². The summed E-state index contributed by atoms with van der Waals surface area (Å²) in [5.74, 6) is 0. The number of rotatable bonds is 1. The van der Waals surface area contributed by atoms with Crippen LogP contribution in [0, 0.1) is 0 Å². The fourth-order valence-corrected chi connectivity index (χ4v) is 0. The van der Waals surface area contributed by atoms with E-state index in [2.05, 4.69) is 11.6 Å². The lowest BCUT2D eigenvalue weighted by Crippen LogP contribution is -2.15. The third-order valence-electron chi connectivity index (χ3n) is 0.276. The molecule has 0 aromatic heterocycles. The zero-order valence-electron chi connectivity index (χ0n) is 3.24. The first-order valence-electron chi connectivity index (χ1n) is 1.26. The molecule has 0 fully saturated rings. The average molecular weight is 169 g/mol. The molecule has 8 heavy (non-hydrogen) atoms. The molecule has 2 nitrogen and oxygen atoms in total. The summed E-state index contributed by atoms with van der Waals surface area (Å²) in [7, 11) is -5.91. The monoisotopic (exact) mass is 168 g/mol. The van der Waals surface area contributed by atoms with E-state index in [1.54, 1.807) is 0 Å². The minimum absolute atomic E-state index is 3.71. The van der Waals surface area contributed by atoms with Gasteiger partial charge >= 0.3 is 14.9 Å². The van der Waals surface area contributed by atoms with Crippen LogP contribution < -0.4 is 0 Å². The molecule has 0 saturated heterocycles. The zero-order valence-corrected chi connectivity index (χ0v) is 4.81. The van der Waals surface area contributed by atoms with Crippen molar-refractivity contribution in [3.63, 3.8) is 0 Å². The van der Waals surface area contributed by atoms with Crippen molar-refractivity contribution >= 4 is 21.8 Å². The van der Waals surface area contributed by atoms with Crippen molar-refractivity contribution in [2.45, 2.75) is 4.71 Å². The van der Waals surface area contributed by atoms with Crippen LogP contribution in [0.1, 0.15) is 0 Å². The lowest BCUT2D eigenvalue weighted by atomic mass is 11.6. The third-order valence-corrected chi connectivity index (χ3v) is 1.38. The van der Waals surface area contributed by atoms with Crippen molar-refractivity contribution in [1.29, 1.82) is 0 Å². The third kappa shape index (κ3) is 1.87. The summed E-state index contributed by atoms with van der Waals surface area (Å²) in [4.78, 5) is 0. The molecule has 0 atom stereocenters. The summed E-state index contributed by atoms with van der Waals surface area (Å²) in [6.45, 7) is 0. The highest BCUT2D eigenvalue weighted by Crippen LogP contribution is 2.27. The van der Waals surface area contributed by atoms with Gasteiger partial charge in [0.1, 0.15) is 0 Å². The fourth-order valence-electron chi connectivity index (χ4n) is 0. The van der Waals surface area contributed by atoms with Crippen LogP contribution in [0.15, 0.2) is 0 Å². The topological polar surface area (TPSA) is 34.1 Å². The Morgan fingerprint density at radius 2 is 1.50 bits per heavy atom. The van der Waals surface area contributed by atoms with Crippen LogP contribution >= 0.6 is 11.6 Å². The van der Waals surface area contributed by atoms with Gasteiger partial charge in [0.15, 0.2) is 0 Å². The Kier molecular flexibility index (Phi) is 1.77. The second kappa shape index (κ2) is 1.77. The Labute approximate surface area is 48.5 Å². The molecule has 0 N–H and O–H groups in total. The van der Waals surface area contributed by atoms with Crippen molar-refractivity contribution in [1.82, 2.24) is 0 Å². The van der Waals surface area contributed by atoms with Crippen LogP contribution in [-0.2, 0) is 10.2 Å². The molecule has 0 radical (unpaired) electrons. The summed E-state index contributed by atoms with van der Waals surface area (Å²) in [6, 6.07) is 0. The molecule has 0 rings (SSSR count). The highest BCUT2D eigenvalue weighted by atomic mass is 35.5. The second-order valence-electron chi connectivity index (χ2n) is 0.884. The number of hydrogen-bond acceptors (Lipinski definition) is 2. The van der Waals surface area contributed by atoms with Crippen LogP contribution in [-0.4, -0.2) is 13.1 Å². The summed E-state index contributed by atoms with van der Waals surface area (Å²) in [5, 5.41) is 0. The standard InChI is InChI=1S/CClF3O2S/c2-1(3,4)8(5,6)7. The van der Waals surface area contributed by atoms with E-state index in [0.717, 1.165) is 0 Å². The van der Waals surface area contributed by atoms with Crippen LogP contribution in [0.25, 0.3) is 0 Å². The molecule has 0 spiro atoms. The van der Waals surface area contributed by atoms with Crippen molar-refractivity contribution in [3.8, 4) is 0 Å². The molecule has 0 aromatic rings. The summed E-state index contributed by atoms with van der Waals surface area (Å²) < 4.78 is 46.5. The van der Waals surface area contributed by atoms with E-state index in [4.69, 9.17) is 8.42 Å². The Morgan fingerprint density at radius 3 is 1.50 bits per heavy atom. The molecule has 0 amide bonds. The van der Waals surface area contributed by atoms with Gasteiger partial charge in [0.2, 0.25) is 0 Å². The smallest absolute Gasteiger partial charge is 0.187 e. The van der Waals surface area contributed by atoms with Crippen LogP contribution in [0.5, 0.6) is 0 Å². The van der Waals surface area contributed by atoms with Crippen LogP contribution in [0.3, 0.4) is 0 Å².